The summed E-state index contributed by atoms with van der Waals surface area (Å²) in [5.41, 5.74) is 10.1. The molecule has 2 aromatic carbocycles. The molecule has 0 radical (unpaired) electrons. The van der Waals surface area contributed by atoms with E-state index in [9.17, 15) is 19.5 Å². The van der Waals surface area contributed by atoms with E-state index in [1.807, 2.05) is 0 Å². The summed E-state index contributed by atoms with van der Waals surface area (Å²) in [4.78, 5) is 36.9. The summed E-state index contributed by atoms with van der Waals surface area (Å²) in [5, 5.41) is 14.2. The van der Waals surface area contributed by atoms with Crippen LogP contribution < -0.4 is 25.9 Å². The number of aromatic carboxylic acids is 1. The van der Waals surface area contributed by atoms with Gasteiger partial charge in [0.05, 0.1) is 24.5 Å². The van der Waals surface area contributed by atoms with Crippen LogP contribution in [0.25, 0.3) is 5.70 Å². The molecule has 160 valence electrons. The average molecular weight is 439 g/mol. The molecule has 0 bridgehead atoms. The minimum atomic E-state index is -1.34. The summed E-state index contributed by atoms with van der Waals surface area (Å²) in [6.07, 6.45) is -0.0542. The van der Waals surface area contributed by atoms with Crippen molar-refractivity contribution in [1.82, 2.24) is 5.43 Å². The number of amidine groups is 1. The van der Waals surface area contributed by atoms with E-state index >= 15 is 0 Å². The maximum atomic E-state index is 12.7. The normalized spacial score (nSPS) is 16.4. The van der Waals surface area contributed by atoms with Gasteiger partial charge in [-0.1, -0.05) is 30.5 Å². The van der Waals surface area contributed by atoms with Gasteiger partial charge in [-0.25, -0.2) is 4.90 Å². The molecule has 1 fully saturated rings. The lowest BCUT2D eigenvalue weighted by atomic mass is 10.2. The lowest BCUT2D eigenvalue weighted by Crippen LogP contribution is -2.32. The fourth-order valence-electron chi connectivity index (χ4n) is 2.87. The quantitative estimate of drug-likeness (QED) is 0.281. The number of carboxylic acid groups (broad SMARTS) is 1. The van der Waals surface area contributed by atoms with E-state index in [0.717, 1.165) is 22.2 Å². The molecule has 3 N–H and O–H groups in total. The van der Waals surface area contributed by atoms with E-state index in [-0.39, 0.29) is 22.8 Å². The fraction of sp³-hybridized carbons (Fsp3) is 0.143. The number of imide groups is 1. The number of thioether (sulfide) groups is 1. The number of nitrogens with one attached hydrogen (secondary N) is 1. The first-order chi connectivity index (χ1) is 14.8. The highest BCUT2D eigenvalue weighted by Gasteiger charge is 2.40. The maximum absolute atomic E-state index is 12.7. The van der Waals surface area contributed by atoms with E-state index in [1.165, 1.54) is 24.3 Å². The van der Waals surface area contributed by atoms with Gasteiger partial charge in [-0.15, -0.1) is 0 Å². The number of carboxylic acids is 1. The number of carbonyl (C=O) groups is 3. The van der Waals surface area contributed by atoms with Crippen LogP contribution in [0.4, 0.5) is 5.69 Å². The van der Waals surface area contributed by atoms with Crippen LogP contribution in [-0.2, 0) is 9.59 Å². The standard InChI is InChI=1S/C21H20N4O5S/c1-12(13-5-9-16(30-2)10-6-13)23-24-21(22)31-17-11-18(26)25(19(17)27)15-7-3-14(4-8-15)20(28)29/h3-10,17,23H,1,11H2,2H3,(H2,22,24)(H,28,29)/p-1/t17-/m0/s1. The largest absolute Gasteiger partial charge is 0.545 e. The molecule has 10 heteroatoms. The number of hydrogen-bond donors (Lipinski definition) is 2. The van der Waals surface area contributed by atoms with Gasteiger partial charge in [-0.3, -0.25) is 15.0 Å². The summed E-state index contributed by atoms with van der Waals surface area (Å²) in [5.74, 6) is -1.50. The molecule has 1 aliphatic heterocycles. The van der Waals surface area contributed by atoms with Crippen molar-refractivity contribution in [2.75, 3.05) is 12.0 Å². The molecule has 9 nitrogen and oxygen atoms in total. The van der Waals surface area contributed by atoms with Crippen LogP contribution in [0.1, 0.15) is 22.3 Å². The Morgan fingerprint density at radius 1 is 1.19 bits per heavy atom. The first-order valence-electron chi connectivity index (χ1n) is 9.07. The smallest absolute Gasteiger partial charge is 0.247 e. The van der Waals surface area contributed by atoms with Crippen molar-refractivity contribution in [3.63, 3.8) is 0 Å². The highest BCUT2D eigenvalue weighted by atomic mass is 32.2. The third kappa shape index (κ3) is 5.04. The lowest BCUT2D eigenvalue weighted by Gasteiger charge is -2.15. The Balaban J connectivity index is 1.62. The second-order valence-electron chi connectivity index (χ2n) is 6.48. The predicted octanol–water partition coefficient (Wildman–Crippen LogP) is 0.914. The highest BCUT2D eigenvalue weighted by Crippen LogP contribution is 2.30. The molecule has 0 saturated carbocycles. The van der Waals surface area contributed by atoms with Crippen molar-refractivity contribution in [3.8, 4) is 5.75 Å². The Labute approximate surface area is 182 Å². The van der Waals surface area contributed by atoms with Gasteiger partial charge >= 0.3 is 0 Å². The second-order valence-corrected chi connectivity index (χ2v) is 7.70. The minimum absolute atomic E-state index is 0.0479. The summed E-state index contributed by atoms with van der Waals surface area (Å²) in [6, 6.07) is 12.5. The molecule has 2 aromatic rings. The van der Waals surface area contributed by atoms with Crippen LogP contribution in [0.15, 0.2) is 60.2 Å². The van der Waals surface area contributed by atoms with Gasteiger partial charge in [-0.05, 0) is 47.5 Å². The van der Waals surface area contributed by atoms with Gasteiger partial charge in [0.15, 0.2) is 5.17 Å². The molecular formula is C21H19N4O5S-. The first kappa shape index (κ1) is 21.9. The Morgan fingerprint density at radius 3 is 2.39 bits per heavy atom. The number of hydrazone groups is 1. The molecule has 1 atom stereocenters. The van der Waals surface area contributed by atoms with E-state index in [4.69, 9.17) is 10.5 Å². The van der Waals surface area contributed by atoms with E-state index < -0.39 is 23.0 Å². The van der Waals surface area contributed by atoms with Crippen molar-refractivity contribution in [3.05, 3.63) is 66.2 Å². The van der Waals surface area contributed by atoms with Gasteiger partial charge in [0.2, 0.25) is 11.8 Å². The topological polar surface area (TPSA) is 137 Å². The molecule has 1 aliphatic rings. The van der Waals surface area contributed by atoms with Crippen molar-refractivity contribution in [1.29, 1.82) is 0 Å². The van der Waals surface area contributed by atoms with Crippen LogP contribution in [0.3, 0.4) is 0 Å². The number of methoxy groups -OCH3 is 1. The number of anilines is 1. The molecule has 1 heterocycles. The zero-order valence-corrected chi connectivity index (χ0v) is 17.3. The molecule has 0 unspecified atom stereocenters. The minimum Gasteiger partial charge on any atom is -0.545 e. The summed E-state index contributed by atoms with van der Waals surface area (Å²) in [7, 11) is 1.57. The van der Waals surface area contributed by atoms with Crippen molar-refractivity contribution in [2.24, 2.45) is 10.8 Å². The van der Waals surface area contributed by atoms with Crippen LogP contribution in [0, 0.1) is 0 Å². The number of ether oxygens (including phenoxy) is 1. The predicted molar refractivity (Wildman–Crippen MR) is 116 cm³/mol. The van der Waals surface area contributed by atoms with E-state index in [1.54, 1.807) is 31.4 Å². The molecule has 31 heavy (non-hydrogen) atoms. The highest BCUT2D eigenvalue weighted by molar-refractivity contribution is 8.14. The van der Waals surface area contributed by atoms with Gasteiger partial charge in [0.1, 0.15) is 11.0 Å². The number of rotatable bonds is 7. The maximum Gasteiger partial charge on any atom is 0.247 e. The number of amides is 2. The van der Waals surface area contributed by atoms with Crippen LogP contribution >= 0.6 is 11.8 Å². The van der Waals surface area contributed by atoms with E-state index in [0.29, 0.717) is 11.4 Å². The van der Waals surface area contributed by atoms with Crippen molar-refractivity contribution in [2.45, 2.75) is 11.7 Å². The fourth-order valence-corrected chi connectivity index (χ4v) is 3.69. The third-order valence-electron chi connectivity index (χ3n) is 4.47. The molecule has 0 aliphatic carbocycles. The second kappa shape index (κ2) is 9.35. The zero-order valence-electron chi connectivity index (χ0n) is 16.5. The van der Waals surface area contributed by atoms with Crippen molar-refractivity contribution < 1.29 is 24.2 Å². The van der Waals surface area contributed by atoms with Crippen LogP contribution in [0.2, 0.25) is 0 Å². The zero-order chi connectivity index (χ0) is 22.5. The Hall–Kier alpha value is -3.79. The van der Waals surface area contributed by atoms with E-state index in [2.05, 4.69) is 17.1 Å². The van der Waals surface area contributed by atoms with Gasteiger partial charge in [0, 0.05) is 6.42 Å². The number of nitrogens with zero attached hydrogens (tertiary/aromatic N) is 2. The monoisotopic (exact) mass is 439 g/mol. The third-order valence-corrected chi connectivity index (χ3v) is 5.45. The Morgan fingerprint density at radius 2 is 1.81 bits per heavy atom. The summed E-state index contributed by atoms with van der Waals surface area (Å²) in [6.45, 7) is 3.88. The summed E-state index contributed by atoms with van der Waals surface area (Å²) >= 11 is 0.957. The van der Waals surface area contributed by atoms with Gasteiger partial charge in [0.25, 0.3) is 0 Å². The average Bonchev–Trinajstić information content (AvgIpc) is 3.04. The number of benzene rings is 2. The SMILES string of the molecule is C=C(NN=C(N)S[C@H]1CC(=O)N(c2ccc(C(=O)[O-])cc2)C1=O)c1ccc(OC)cc1. The number of nitrogens with two attached hydrogens (primary N) is 1. The Bertz CT molecular complexity index is 1050. The first-order valence-corrected chi connectivity index (χ1v) is 9.95. The van der Waals surface area contributed by atoms with Gasteiger partial charge in [-0.2, -0.15) is 5.10 Å². The van der Waals surface area contributed by atoms with Gasteiger partial charge < -0.3 is 20.4 Å². The molecule has 3 rings (SSSR count). The molecule has 2 amide bonds. The number of hydrogen-bond acceptors (Lipinski definition) is 8. The number of carbonyl (C=O) groups excluding carboxylic acids is 3. The lowest BCUT2D eigenvalue weighted by molar-refractivity contribution is -0.255. The molecule has 0 aromatic heterocycles. The van der Waals surface area contributed by atoms with Crippen molar-refractivity contribution >= 4 is 46.1 Å². The van der Waals surface area contributed by atoms with Crippen LogP contribution in [0.5, 0.6) is 5.75 Å². The molecule has 0 spiro atoms. The molecular weight excluding hydrogens is 420 g/mol. The van der Waals surface area contributed by atoms with Crippen LogP contribution in [-0.4, -0.2) is 35.3 Å². The Kier molecular flexibility index (Phi) is 6.61. The molecule has 1 saturated heterocycles. The summed E-state index contributed by atoms with van der Waals surface area (Å²) < 4.78 is 5.10.